The lowest BCUT2D eigenvalue weighted by Crippen LogP contribution is -2.01. The fourth-order valence-corrected chi connectivity index (χ4v) is 4.14. The third kappa shape index (κ3) is 9.70. The van der Waals surface area contributed by atoms with Gasteiger partial charge in [0.1, 0.15) is 0 Å². The molecular weight excluding hydrogens is 404 g/mol. The molecule has 180 valence electrons. The van der Waals surface area contributed by atoms with Crippen LogP contribution in [0, 0.1) is 0 Å². The van der Waals surface area contributed by atoms with Crippen molar-refractivity contribution in [2.45, 2.75) is 84.8 Å². The van der Waals surface area contributed by atoms with Gasteiger partial charge < -0.3 is 9.47 Å². The number of hydrogen-bond acceptors (Lipinski definition) is 2. The van der Waals surface area contributed by atoms with E-state index >= 15 is 0 Å². The van der Waals surface area contributed by atoms with Crippen molar-refractivity contribution >= 4 is 12.2 Å². The third-order valence-electron chi connectivity index (χ3n) is 6.00. The molecule has 2 aromatic rings. The number of rotatable bonds is 18. The summed E-state index contributed by atoms with van der Waals surface area (Å²) in [6.07, 6.45) is 15.0. The molecule has 0 fully saturated rings. The van der Waals surface area contributed by atoms with Gasteiger partial charge in [-0.05, 0) is 64.4 Å². The summed E-state index contributed by atoms with van der Waals surface area (Å²) in [6, 6.07) is 13.0. The van der Waals surface area contributed by atoms with Gasteiger partial charge in [0.25, 0.3) is 0 Å². The molecule has 0 atom stereocenters. The first kappa shape index (κ1) is 27.1. The minimum atomic E-state index is 0.617. The number of ether oxygens (including phenoxy) is 2. The molecule has 0 radical (unpaired) electrons. The molecule has 2 nitrogen and oxygen atoms in total. The monoisotopic (exact) mass is 448 g/mol. The van der Waals surface area contributed by atoms with Crippen molar-refractivity contribution in [2.24, 2.45) is 0 Å². The van der Waals surface area contributed by atoms with E-state index in [0.717, 1.165) is 37.2 Å². The molecule has 0 spiro atoms. The second-order valence-corrected chi connectivity index (χ2v) is 8.83. The van der Waals surface area contributed by atoms with E-state index < -0.39 is 0 Å². The quantitative estimate of drug-likeness (QED) is 0.212. The van der Waals surface area contributed by atoms with Crippen molar-refractivity contribution in [2.75, 3.05) is 13.2 Å². The minimum absolute atomic E-state index is 0.617. The van der Waals surface area contributed by atoms with Crippen molar-refractivity contribution in [3.8, 4) is 11.1 Å². The van der Waals surface area contributed by atoms with E-state index in [1.807, 2.05) is 12.2 Å². The maximum Gasteiger partial charge on any atom is 0.0723 e. The summed E-state index contributed by atoms with van der Waals surface area (Å²) < 4.78 is 12.1. The summed E-state index contributed by atoms with van der Waals surface area (Å²) in [5, 5.41) is 0. The molecule has 0 N–H and O–H groups in total. The Kier molecular flexibility index (Phi) is 13.5. The maximum atomic E-state index is 6.08. The molecule has 0 saturated heterocycles. The van der Waals surface area contributed by atoms with Gasteiger partial charge in [-0.2, -0.15) is 0 Å². The van der Waals surface area contributed by atoms with Crippen LogP contribution in [0.25, 0.3) is 23.3 Å². The Labute approximate surface area is 202 Å². The lowest BCUT2D eigenvalue weighted by Gasteiger charge is -2.16. The first-order valence-corrected chi connectivity index (χ1v) is 12.9. The molecule has 0 unspecified atom stereocenters. The van der Waals surface area contributed by atoms with E-state index in [0.29, 0.717) is 13.2 Å². The summed E-state index contributed by atoms with van der Waals surface area (Å²) in [7, 11) is 0. The van der Waals surface area contributed by atoms with E-state index in [-0.39, 0.29) is 0 Å². The molecule has 0 aliphatic heterocycles. The highest BCUT2D eigenvalue weighted by Gasteiger charge is 2.12. The largest absolute Gasteiger partial charge is 0.377 e. The fourth-order valence-electron chi connectivity index (χ4n) is 4.14. The van der Waals surface area contributed by atoms with Crippen LogP contribution >= 0.6 is 0 Å². The number of hydrogen-bond donors (Lipinski definition) is 0. The van der Waals surface area contributed by atoms with Gasteiger partial charge in [-0.25, -0.2) is 0 Å². The second-order valence-electron chi connectivity index (χ2n) is 8.83. The third-order valence-corrected chi connectivity index (χ3v) is 6.00. The summed E-state index contributed by atoms with van der Waals surface area (Å²) in [6.45, 7) is 15.4. The fraction of sp³-hybridized carbons (Fsp3) is 0.484. The van der Waals surface area contributed by atoms with Gasteiger partial charge in [0.05, 0.1) is 13.2 Å². The van der Waals surface area contributed by atoms with Gasteiger partial charge in [0.15, 0.2) is 0 Å². The topological polar surface area (TPSA) is 18.5 Å². The highest BCUT2D eigenvalue weighted by Crippen LogP contribution is 2.31. The molecule has 0 amide bonds. The van der Waals surface area contributed by atoms with Gasteiger partial charge in [-0.1, -0.05) is 102 Å². The molecule has 0 aromatic heterocycles. The zero-order chi connectivity index (χ0) is 23.7. The van der Waals surface area contributed by atoms with Crippen LogP contribution in [0.15, 0.2) is 49.6 Å². The van der Waals surface area contributed by atoms with Crippen molar-refractivity contribution in [3.05, 3.63) is 71.8 Å². The Morgan fingerprint density at radius 3 is 2.06 bits per heavy atom. The van der Waals surface area contributed by atoms with Gasteiger partial charge in [-0.15, -0.1) is 0 Å². The van der Waals surface area contributed by atoms with E-state index in [1.54, 1.807) is 0 Å². The molecule has 0 heterocycles. The van der Waals surface area contributed by atoms with E-state index in [2.05, 4.69) is 63.4 Å². The molecule has 0 bridgehead atoms. The molecule has 2 rings (SSSR count). The molecule has 0 aliphatic carbocycles. The van der Waals surface area contributed by atoms with E-state index in [1.165, 1.54) is 67.2 Å². The van der Waals surface area contributed by atoms with E-state index in [9.17, 15) is 0 Å². The molecular formula is C31H44O2. The van der Waals surface area contributed by atoms with Gasteiger partial charge in [-0.3, -0.25) is 0 Å². The Hall–Kier alpha value is -2.16. The average molecular weight is 449 g/mol. The van der Waals surface area contributed by atoms with Crippen LogP contribution in [0.4, 0.5) is 0 Å². The van der Waals surface area contributed by atoms with Crippen LogP contribution in [0.5, 0.6) is 0 Å². The van der Waals surface area contributed by atoms with Crippen LogP contribution < -0.4 is 0 Å². The first-order valence-electron chi connectivity index (χ1n) is 12.9. The van der Waals surface area contributed by atoms with Crippen LogP contribution in [0.3, 0.4) is 0 Å². The van der Waals surface area contributed by atoms with Gasteiger partial charge in [0, 0.05) is 13.2 Å². The van der Waals surface area contributed by atoms with Crippen molar-refractivity contribution in [1.29, 1.82) is 0 Å². The highest BCUT2D eigenvalue weighted by molar-refractivity contribution is 5.79. The zero-order valence-corrected chi connectivity index (χ0v) is 21.0. The lowest BCUT2D eigenvalue weighted by atomic mass is 9.92. The van der Waals surface area contributed by atoms with Crippen molar-refractivity contribution < 1.29 is 9.47 Å². The normalized spacial score (nSPS) is 11.0. The summed E-state index contributed by atoms with van der Waals surface area (Å²) in [5.74, 6) is 0. The Morgan fingerprint density at radius 2 is 1.39 bits per heavy atom. The maximum absolute atomic E-state index is 6.08. The van der Waals surface area contributed by atoms with Crippen LogP contribution in [-0.4, -0.2) is 13.2 Å². The lowest BCUT2D eigenvalue weighted by molar-refractivity contribution is 0.116. The second kappa shape index (κ2) is 16.5. The van der Waals surface area contributed by atoms with Crippen LogP contribution in [0.1, 0.15) is 93.9 Å². The smallest absolute Gasteiger partial charge is 0.0723 e. The SMILES string of the molecule is C=Cc1cc(COCCCCCC)cc(-c2c(C=C)cccc2COCCCCCCC)c1. The van der Waals surface area contributed by atoms with Crippen molar-refractivity contribution in [3.63, 3.8) is 0 Å². The molecule has 0 saturated carbocycles. The van der Waals surface area contributed by atoms with E-state index in [4.69, 9.17) is 9.47 Å². The Balaban J connectivity index is 2.13. The summed E-state index contributed by atoms with van der Waals surface area (Å²) >= 11 is 0. The average Bonchev–Trinajstić information content (AvgIpc) is 2.85. The summed E-state index contributed by atoms with van der Waals surface area (Å²) in [4.78, 5) is 0. The zero-order valence-electron chi connectivity index (χ0n) is 21.0. The summed E-state index contributed by atoms with van der Waals surface area (Å²) in [5.41, 5.74) is 7.00. The molecule has 2 aromatic carbocycles. The molecule has 2 heteroatoms. The Morgan fingerprint density at radius 1 is 0.727 bits per heavy atom. The molecule has 33 heavy (non-hydrogen) atoms. The Bertz CT molecular complexity index is 837. The predicted octanol–water partition coefficient (Wildman–Crippen LogP) is 9.22. The van der Waals surface area contributed by atoms with Crippen LogP contribution in [0.2, 0.25) is 0 Å². The highest BCUT2D eigenvalue weighted by atomic mass is 16.5. The molecule has 0 aliphatic rings. The van der Waals surface area contributed by atoms with Crippen LogP contribution in [-0.2, 0) is 22.7 Å². The standard InChI is InChI=1S/C31H44O2/c1-5-9-11-13-15-20-33-25-29-18-16-17-28(8-4)31(29)30-22-26(7-3)21-27(23-30)24-32-19-14-12-10-6-2/h7-8,16-18,21-23H,3-6,9-15,19-20,24-25H2,1-2H3. The number of unbranched alkanes of at least 4 members (excludes halogenated alkanes) is 7. The first-order chi connectivity index (χ1) is 16.2. The number of benzene rings is 2. The van der Waals surface area contributed by atoms with Gasteiger partial charge in [0.2, 0.25) is 0 Å². The minimum Gasteiger partial charge on any atom is -0.377 e. The van der Waals surface area contributed by atoms with Crippen molar-refractivity contribution in [1.82, 2.24) is 0 Å². The predicted molar refractivity (Wildman–Crippen MR) is 144 cm³/mol. The van der Waals surface area contributed by atoms with Gasteiger partial charge >= 0.3 is 0 Å².